The zero-order valence-corrected chi connectivity index (χ0v) is 11.5. The number of rotatable bonds is 0. The van der Waals surface area contributed by atoms with E-state index in [1.807, 2.05) is 25.1 Å². The lowest BCUT2D eigenvalue weighted by Crippen LogP contribution is -1.99. The van der Waals surface area contributed by atoms with Gasteiger partial charge in [-0.25, -0.2) is 9.97 Å². The fourth-order valence-electron chi connectivity index (χ4n) is 1.48. The van der Waals surface area contributed by atoms with E-state index in [1.54, 1.807) is 0 Å². The first-order valence-corrected chi connectivity index (χ1v) is 7.89. The number of para-hydroxylation sites is 1. The van der Waals surface area contributed by atoms with Crippen molar-refractivity contribution in [2.45, 2.75) is 6.92 Å². The first kappa shape index (κ1) is 11.5. The Balaban J connectivity index is 2.78. The number of nitrogen functional groups attached to an aromatic ring is 1. The number of nitrogens with two attached hydrogens (primary N) is 1. The largest absolute Gasteiger partial charge is 0.368 e. The van der Waals surface area contributed by atoms with Gasteiger partial charge in [-0.3, -0.25) is 0 Å². The van der Waals surface area contributed by atoms with E-state index in [4.69, 9.17) is 5.73 Å². The Morgan fingerprint density at radius 1 is 1.38 bits per heavy atom. The van der Waals surface area contributed by atoms with Crippen LogP contribution in [0.3, 0.4) is 0 Å². The van der Waals surface area contributed by atoms with Crippen molar-refractivity contribution in [3.05, 3.63) is 29.5 Å². The second-order valence-electron chi connectivity index (χ2n) is 3.21. The lowest BCUT2D eigenvalue weighted by Gasteiger charge is -2.03. The topological polar surface area (TPSA) is 51.8 Å². The molecule has 2 rings (SSSR count). The summed E-state index contributed by atoms with van der Waals surface area (Å²) >= 11 is 2.12. The van der Waals surface area contributed by atoms with Gasteiger partial charge in [-0.1, -0.05) is 12.1 Å². The summed E-state index contributed by atoms with van der Waals surface area (Å²) in [6.07, 6.45) is 0. The number of benzene rings is 1. The van der Waals surface area contributed by atoms with E-state index in [0.717, 1.165) is 16.5 Å². The molecule has 2 N–H and O–H groups in total. The lowest BCUT2D eigenvalue weighted by molar-refractivity contribution is 1.21. The zero-order valence-electron chi connectivity index (χ0n) is 8.49. The summed E-state index contributed by atoms with van der Waals surface area (Å²) in [7, 11) is 1.42. The first-order valence-electron chi connectivity index (χ1n) is 4.54. The molecule has 0 aliphatic rings. The van der Waals surface area contributed by atoms with Gasteiger partial charge in [0.15, 0.2) is 0 Å². The van der Waals surface area contributed by atoms with Crippen molar-refractivity contribution < 1.29 is 0 Å². The van der Waals surface area contributed by atoms with Gasteiger partial charge in [0, 0.05) is 26.6 Å². The minimum atomic E-state index is 0.268. The quantitative estimate of drug-likeness (QED) is 0.591. The Morgan fingerprint density at radius 3 is 2.94 bits per heavy atom. The van der Waals surface area contributed by atoms with Gasteiger partial charge < -0.3 is 5.73 Å². The second kappa shape index (κ2) is 4.89. The van der Waals surface area contributed by atoms with Crippen LogP contribution >= 0.6 is 30.1 Å². The monoisotopic (exact) mass is 341 g/mol. The summed E-state index contributed by atoms with van der Waals surface area (Å²) in [5, 5.41) is 3.86. The maximum atomic E-state index is 5.67. The van der Waals surface area contributed by atoms with Crippen molar-refractivity contribution in [1.82, 2.24) is 9.97 Å². The van der Waals surface area contributed by atoms with Crippen molar-refractivity contribution in [3.63, 3.8) is 0 Å². The molecule has 0 bridgehead atoms. The van der Waals surface area contributed by atoms with Crippen molar-refractivity contribution in [3.8, 4) is 11.2 Å². The SMILES string of the molecule is Cc1cccc2c(C#CSI)nc(N)nc12. The number of fused-ring (bicyclic) bond motifs is 1. The van der Waals surface area contributed by atoms with Gasteiger partial charge in [-0.15, -0.1) is 0 Å². The van der Waals surface area contributed by atoms with Gasteiger partial charge >= 0.3 is 0 Å². The highest BCUT2D eigenvalue weighted by Gasteiger charge is 2.05. The summed E-state index contributed by atoms with van der Waals surface area (Å²) in [6, 6.07) is 5.93. The highest BCUT2D eigenvalue weighted by Crippen LogP contribution is 2.19. The highest BCUT2D eigenvalue weighted by molar-refractivity contribution is 14.2. The van der Waals surface area contributed by atoms with E-state index < -0.39 is 0 Å². The van der Waals surface area contributed by atoms with E-state index in [9.17, 15) is 0 Å². The standard InChI is InChI=1S/C11H8IN3S/c1-7-3-2-4-8-9(5-6-16-12)14-11(13)15-10(7)8/h2-4H,1H3,(H2,13,14,15). The Hall–Kier alpha value is -1.00. The molecule has 80 valence electrons. The summed E-state index contributed by atoms with van der Waals surface area (Å²) < 4.78 is 0. The molecule has 0 saturated carbocycles. The number of aromatic nitrogens is 2. The van der Waals surface area contributed by atoms with Crippen LogP contribution < -0.4 is 5.73 Å². The number of nitrogens with zero attached hydrogens (tertiary/aromatic N) is 2. The molecule has 2 aromatic rings. The minimum absolute atomic E-state index is 0.268. The zero-order chi connectivity index (χ0) is 11.5. The predicted octanol–water partition coefficient (Wildman–Crippen LogP) is 2.91. The summed E-state index contributed by atoms with van der Waals surface area (Å²) in [5.41, 5.74) is 8.31. The Bertz CT molecular complexity index is 601. The maximum Gasteiger partial charge on any atom is 0.221 e. The summed E-state index contributed by atoms with van der Waals surface area (Å²) in [4.78, 5) is 8.39. The van der Waals surface area contributed by atoms with E-state index in [2.05, 4.69) is 42.3 Å². The molecule has 0 fully saturated rings. The van der Waals surface area contributed by atoms with Crippen molar-refractivity contribution in [1.29, 1.82) is 0 Å². The molecule has 1 aromatic carbocycles. The van der Waals surface area contributed by atoms with Crippen LogP contribution in [-0.4, -0.2) is 9.97 Å². The average molecular weight is 341 g/mol. The van der Waals surface area contributed by atoms with Gasteiger partial charge in [-0.05, 0) is 38.7 Å². The minimum Gasteiger partial charge on any atom is -0.368 e. The number of aryl methyl sites for hydroxylation is 1. The van der Waals surface area contributed by atoms with Crippen molar-refractivity contribution in [2.24, 2.45) is 0 Å². The smallest absolute Gasteiger partial charge is 0.221 e. The highest BCUT2D eigenvalue weighted by atomic mass is 127. The molecule has 0 spiro atoms. The molecule has 0 aliphatic carbocycles. The van der Waals surface area contributed by atoms with Gasteiger partial charge in [0.25, 0.3) is 0 Å². The van der Waals surface area contributed by atoms with Crippen LogP contribution in [0.25, 0.3) is 10.9 Å². The summed E-state index contributed by atoms with van der Waals surface area (Å²) in [5.74, 6) is 3.25. The van der Waals surface area contributed by atoms with Gasteiger partial charge in [0.1, 0.15) is 5.69 Å². The number of anilines is 1. The van der Waals surface area contributed by atoms with Crippen LogP contribution in [-0.2, 0) is 0 Å². The first-order chi connectivity index (χ1) is 7.72. The van der Waals surface area contributed by atoms with Gasteiger partial charge in [0.05, 0.1) is 5.52 Å². The van der Waals surface area contributed by atoms with Crippen LogP contribution in [0, 0.1) is 18.1 Å². The fourth-order valence-corrected chi connectivity index (χ4v) is 1.94. The number of halogens is 1. The fraction of sp³-hybridized carbons (Fsp3) is 0.0909. The molecular formula is C11H8IN3S. The molecule has 0 atom stereocenters. The van der Waals surface area contributed by atoms with E-state index in [-0.39, 0.29) is 5.95 Å². The van der Waals surface area contributed by atoms with E-state index in [0.29, 0.717) is 5.69 Å². The third-order valence-electron chi connectivity index (χ3n) is 2.15. The lowest BCUT2D eigenvalue weighted by atomic mass is 10.1. The molecule has 0 aliphatic heterocycles. The van der Waals surface area contributed by atoms with Gasteiger partial charge in [0.2, 0.25) is 5.95 Å². The number of hydrogen-bond acceptors (Lipinski definition) is 4. The molecule has 0 amide bonds. The van der Waals surface area contributed by atoms with E-state index >= 15 is 0 Å². The van der Waals surface area contributed by atoms with Crippen LogP contribution in [0.2, 0.25) is 0 Å². The molecule has 1 aromatic heterocycles. The van der Waals surface area contributed by atoms with E-state index in [1.165, 1.54) is 8.93 Å². The Kier molecular flexibility index (Phi) is 3.51. The van der Waals surface area contributed by atoms with Crippen LogP contribution in [0.15, 0.2) is 18.2 Å². The number of hydrogen-bond donors (Lipinski definition) is 1. The van der Waals surface area contributed by atoms with Crippen molar-refractivity contribution >= 4 is 47.0 Å². The molecule has 1 heterocycles. The third-order valence-corrected chi connectivity index (χ3v) is 2.99. The summed E-state index contributed by atoms with van der Waals surface area (Å²) in [6.45, 7) is 2.00. The normalized spacial score (nSPS) is 9.88. The van der Waals surface area contributed by atoms with Gasteiger partial charge in [-0.2, -0.15) is 0 Å². The maximum absolute atomic E-state index is 5.67. The molecular weight excluding hydrogens is 333 g/mol. The van der Waals surface area contributed by atoms with Crippen LogP contribution in [0.4, 0.5) is 5.95 Å². The molecule has 5 heteroatoms. The second-order valence-corrected chi connectivity index (χ2v) is 4.89. The van der Waals surface area contributed by atoms with Crippen molar-refractivity contribution in [2.75, 3.05) is 5.73 Å². The third kappa shape index (κ3) is 2.23. The molecule has 0 saturated heterocycles. The molecule has 16 heavy (non-hydrogen) atoms. The van der Waals surface area contributed by atoms with Crippen LogP contribution in [0.5, 0.6) is 0 Å². The Labute approximate surface area is 110 Å². The predicted molar refractivity (Wildman–Crippen MR) is 77.2 cm³/mol. The molecule has 0 radical (unpaired) electrons. The average Bonchev–Trinajstić information content (AvgIpc) is 2.27. The molecule has 3 nitrogen and oxygen atoms in total. The van der Waals surface area contributed by atoms with Crippen LogP contribution in [0.1, 0.15) is 11.3 Å². The Morgan fingerprint density at radius 2 is 2.19 bits per heavy atom. The molecule has 0 unspecified atom stereocenters.